The third kappa shape index (κ3) is 2.63. The quantitative estimate of drug-likeness (QED) is 0.849. The van der Waals surface area contributed by atoms with Gasteiger partial charge in [-0.25, -0.2) is 0 Å². The lowest BCUT2D eigenvalue weighted by Gasteiger charge is -2.00. The Morgan fingerprint density at radius 1 is 1.35 bits per heavy atom. The van der Waals surface area contributed by atoms with Gasteiger partial charge in [0.15, 0.2) is 5.82 Å². The van der Waals surface area contributed by atoms with Crippen molar-refractivity contribution in [2.45, 2.75) is 6.92 Å². The molecule has 1 aromatic heterocycles. The van der Waals surface area contributed by atoms with Gasteiger partial charge in [-0.1, -0.05) is 0 Å². The standard InChI is InChI=1S/C12H13N3O2/c1-8(16)13-12-7-11(14-15-12)9-3-5-10(17-2)6-4-9/h3-7H,1-2H3,(H2,13,14,15,16). The molecular weight excluding hydrogens is 218 g/mol. The van der Waals surface area contributed by atoms with Crippen molar-refractivity contribution in [2.75, 3.05) is 12.4 Å². The molecule has 0 aliphatic rings. The fourth-order valence-corrected chi connectivity index (χ4v) is 1.48. The lowest BCUT2D eigenvalue weighted by atomic mass is 10.1. The van der Waals surface area contributed by atoms with Crippen LogP contribution in [0.4, 0.5) is 5.82 Å². The van der Waals surface area contributed by atoms with Crippen LogP contribution < -0.4 is 10.1 Å². The number of ether oxygens (including phenoxy) is 1. The summed E-state index contributed by atoms with van der Waals surface area (Å²) in [5, 5.41) is 9.46. The fraction of sp³-hybridized carbons (Fsp3) is 0.167. The molecule has 0 atom stereocenters. The second kappa shape index (κ2) is 4.69. The Morgan fingerprint density at radius 3 is 2.65 bits per heavy atom. The summed E-state index contributed by atoms with van der Waals surface area (Å²) < 4.78 is 5.08. The number of methoxy groups -OCH3 is 1. The molecule has 2 N–H and O–H groups in total. The largest absolute Gasteiger partial charge is 0.497 e. The summed E-state index contributed by atoms with van der Waals surface area (Å²) in [4.78, 5) is 10.9. The van der Waals surface area contributed by atoms with Gasteiger partial charge in [-0.2, -0.15) is 5.10 Å². The van der Waals surface area contributed by atoms with Crippen molar-refractivity contribution in [2.24, 2.45) is 0 Å². The number of rotatable bonds is 3. The number of hydrogen-bond donors (Lipinski definition) is 2. The van der Waals surface area contributed by atoms with Gasteiger partial charge in [-0.3, -0.25) is 9.89 Å². The Balaban J connectivity index is 2.21. The third-order valence-electron chi connectivity index (χ3n) is 2.28. The molecule has 88 valence electrons. The molecule has 1 amide bonds. The summed E-state index contributed by atoms with van der Waals surface area (Å²) >= 11 is 0. The number of nitrogens with one attached hydrogen (secondary N) is 2. The molecule has 0 saturated carbocycles. The van der Waals surface area contributed by atoms with Crippen LogP contribution in [0.15, 0.2) is 30.3 Å². The summed E-state index contributed by atoms with van der Waals surface area (Å²) in [7, 11) is 1.63. The number of benzene rings is 1. The summed E-state index contributed by atoms with van der Waals surface area (Å²) in [5.74, 6) is 1.18. The first-order chi connectivity index (χ1) is 8.19. The Kier molecular flexibility index (Phi) is 3.09. The number of carbonyl (C=O) groups excluding carboxylic acids is 1. The van der Waals surface area contributed by atoms with Crippen LogP contribution in [0.2, 0.25) is 0 Å². The van der Waals surface area contributed by atoms with Crippen molar-refractivity contribution in [3.63, 3.8) is 0 Å². The van der Waals surface area contributed by atoms with Gasteiger partial charge in [0.1, 0.15) is 5.75 Å². The zero-order valence-corrected chi connectivity index (χ0v) is 9.65. The van der Waals surface area contributed by atoms with Crippen molar-refractivity contribution < 1.29 is 9.53 Å². The number of carbonyl (C=O) groups is 1. The van der Waals surface area contributed by atoms with Crippen LogP contribution in [0.1, 0.15) is 6.92 Å². The molecule has 0 radical (unpaired) electrons. The topological polar surface area (TPSA) is 67.0 Å². The monoisotopic (exact) mass is 231 g/mol. The van der Waals surface area contributed by atoms with Crippen LogP contribution in [-0.2, 0) is 4.79 Å². The fourth-order valence-electron chi connectivity index (χ4n) is 1.48. The van der Waals surface area contributed by atoms with Gasteiger partial charge in [0, 0.05) is 13.0 Å². The second-order valence-corrected chi connectivity index (χ2v) is 3.58. The van der Waals surface area contributed by atoms with Gasteiger partial charge in [-0.05, 0) is 29.8 Å². The van der Waals surface area contributed by atoms with E-state index in [1.54, 1.807) is 13.2 Å². The summed E-state index contributed by atoms with van der Waals surface area (Å²) in [5.41, 5.74) is 1.83. The average Bonchev–Trinajstić information content (AvgIpc) is 2.77. The molecule has 0 spiro atoms. The minimum Gasteiger partial charge on any atom is -0.497 e. The highest BCUT2D eigenvalue weighted by Gasteiger charge is 2.04. The van der Waals surface area contributed by atoms with E-state index in [4.69, 9.17) is 4.74 Å². The average molecular weight is 231 g/mol. The molecule has 1 aromatic carbocycles. The van der Waals surface area contributed by atoms with E-state index in [0.29, 0.717) is 5.82 Å². The van der Waals surface area contributed by atoms with E-state index in [1.165, 1.54) is 6.92 Å². The second-order valence-electron chi connectivity index (χ2n) is 3.58. The highest BCUT2D eigenvalue weighted by atomic mass is 16.5. The van der Waals surface area contributed by atoms with Crippen LogP contribution in [0, 0.1) is 0 Å². The molecular formula is C12H13N3O2. The van der Waals surface area contributed by atoms with Gasteiger partial charge in [0.2, 0.25) is 5.91 Å². The minimum absolute atomic E-state index is 0.141. The molecule has 2 aromatic rings. The number of anilines is 1. The summed E-state index contributed by atoms with van der Waals surface area (Å²) in [6, 6.07) is 9.36. The maximum atomic E-state index is 10.9. The summed E-state index contributed by atoms with van der Waals surface area (Å²) in [6.07, 6.45) is 0. The van der Waals surface area contributed by atoms with Crippen molar-refractivity contribution in [1.29, 1.82) is 0 Å². The lowest BCUT2D eigenvalue weighted by molar-refractivity contribution is -0.114. The first-order valence-corrected chi connectivity index (χ1v) is 5.16. The molecule has 5 heteroatoms. The van der Waals surface area contributed by atoms with Crippen molar-refractivity contribution in [1.82, 2.24) is 10.2 Å². The van der Waals surface area contributed by atoms with E-state index >= 15 is 0 Å². The third-order valence-corrected chi connectivity index (χ3v) is 2.28. The molecule has 2 rings (SSSR count). The van der Waals surface area contributed by atoms with E-state index in [0.717, 1.165) is 17.0 Å². The SMILES string of the molecule is COc1ccc(-c2cc(NC(C)=O)n[nH]2)cc1. The Morgan fingerprint density at radius 2 is 2.06 bits per heavy atom. The number of amides is 1. The maximum absolute atomic E-state index is 10.9. The summed E-state index contributed by atoms with van der Waals surface area (Å²) in [6.45, 7) is 1.45. The van der Waals surface area contributed by atoms with Crippen molar-refractivity contribution >= 4 is 11.7 Å². The lowest BCUT2D eigenvalue weighted by Crippen LogP contribution is -2.05. The number of aromatic amines is 1. The van der Waals surface area contributed by atoms with Crippen molar-refractivity contribution in [3.8, 4) is 17.0 Å². The van der Waals surface area contributed by atoms with E-state index in [-0.39, 0.29) is 5.91 Å². The number of aromatic nitrogens is 2. The molecule has 17 heavy (non-hydrogen) atoms. The maximum Gasteiger partial charge on any atom is 0.222 e. The van der Waals surface area contributed by atoms with Crippen LogP contribution in [0.3, 0.4) is 0 Å². The minimum atomic E-state index is -0.141. The predicted molar refractivity (Wildman–Crippen MR) is 64.9 cm³/mol. The van der Waals surface area contributed by atoms with Gasteiger partial charge >= 0.3 is 0 Å². The first kappa shape index (κ1) is 11.2. The molecule has 0 unspecified atom stereocenters. The Labute approximate surface area is 98.8 Å². The number of H-pyrrole nitrogens is 1. The van der Waals surface area contributed by atoms with Crippen LogP contribution in [-0.4, -0.2) is 23.2 Å². The van der Waals surface area contributed by atoms with Crippen molar-refractivity contribution in [3.05, 3.63) is 30.3 Å². The van der Waals surface area contributed by atoms with Gasteiger partial charge in [0.25, 0.3) is 0 Å². The Bertz CT molecular complexity index is 517. The van der Waals surface area contributed by atoms with E-state index in [9.17, 15) is 4.79 Å². The van der Waals surface area contributed by atoms with E-state index < -0.39 is 0 Å². The van der Waals surface area contributed by atoms with Gasteiger partial charge in [0.05, 0.1) is 12.8 Å². The molecule has 0 saturated heterocycles. The zero-order valence-electron chi connectivity index (χ0n) is 9.65. The van der Waals surface area contributed by atoms with Crippen LogP contribution >= 0.6 is 0 Å². The molecule has 0 aliphatic heterocycles. The molecule has 0 fully saturated rings. The van der Waals surface area contributed by atoms with Crippen LogP contribution in [0.25, 0.3) is 11.3 Å². The highest BCUT2D eigenvalue weighted by Crippen LogP contribution is 2.22. The molecule has 5 nitrogen and oxygen atoms in total. The zero-order chi connectivity index (χ0) is 12.3. The molecule has 0 aliphatic carbocycles. The Hall–Kier alpha value is -2.30. The normalized spacial score (nSPS) is 10.0. The highest BCUT2D eigenvalue weighted by molar-refractivity contribution is 5.88. The van der Waals surface area contributed by atoms with Crippen LogP contribution in [0.5, 0.6) is 5.75 Å². The predicted octanol–water partition coefficient (Wildman–Crippen LogP) is 2.04. The van der Waals surface area contributed by atoms with E-state index in [1.807, 2.05) is 24.3 Å². The first-order valence-electron chi connectivity index (χ1n) is 5.16. The van der Waals surface area contributed by atoms with E-state index in [2.05, 4.69) is 15.5 Å². The van der Waals surface area contributed by atoms with Gasteiger partial charge < -0.3 is 10.1 Å². The molecule has 1 heterocycles. The molecule has 0 bridgehead atoms. The van der Waals surface area contributed by atoms with Gasteiger partial charge in [-0.15, -0.1) is 0 Å². The number of hydrogen-bond acceptors (Lipinski definition) is 3. The number of nitrogens with zero attached hydrogens (tertiary/aromatic N) is 1. The smallest absolute Gasteiger partial charge is 0.222 e.